The molecule has 1 fully saturated rings. The first-order valence-corrected chi connectivity index (χ1v) is 11.3. The molecule has 10 heteroatoms. The van der Waals surface area contributed by atoms with Gasteiger partial charge in [0.15, 0.2) is 0 Å². The minimum absolute atomic E-state index is 0.00821. The van der Waals surface area contributed by atoms with Crippen LogP contribution in [0.15, 0.2) is 29.2 Å². The molecule has 1 aromatic rings. The maximum Gasteiger partial charge on any atom is 0.407 e. The predicted octanol–water partition coefficient (Wildman–Crippen LogP) is 2.68. The van der Waals surface area contributed by atoms with E-state index in [0.717, 1.165) is 12.1 Å². The number of nitrogens with one attached hydrogen (secondary N) is 1. The van der Waals surface area contributed by atoms with Gasteiger partial charge in [0.2, 0.25) is 10.0 Å². The van der Waals surface area contributed by atoms with Crippen molar-refractivity contribution in [1.29, 1.82) is 0 Å². The highest BCUT2D eigenvalue weighted by molar-refractivity contribution is 7.89. The zero-order valence-electron chi connectivity index (χ0n) is 17.5. The Bertz CT molecular complexity index is 836. The van der Waals surface area contributed by atoms with Crippen molar-refractivity contribution >= 4 is 22.1 Å². The second-order valence-electron chi connectivity index (χ2n) is 8.11. The molecule has 168 valence electrons. The Morgan fingerprint density at radius 3 is 2.53 bits per heavy atom. The lowest BCUT2D eigenvalue weighted by molar-refractivity contribution is -0.149. The summed E-state index contributed by atoms with van der Waals surface area (Å²) in [7, 11) is -3.80. The van der Waals surface area contributed by atoms with E-state index >= 15 is 0 Å². The maximum absolute atomic E-state index is 13.1. The Balaban J connectivity index is 1.79. The summed E-state index contributed by atoms with van der Waals surface area (Å²) in [6, 6.07) is 4.61. The van der Waals surface area contributed by atoms with Crippen LogP contribution in [0.2, 0.25) is 0 Å². The summed E-state index contributed by atoms with van der Waals surface area (Å²) in [5.41, 5.74) is -0.586. The van der Waals surface area contributed by atoms with Crippen LogP contribution in [0.1, 0.15) is 40.0 Å². The fraction of sp³-hybridized carbons (Fsp3) is 0.600. The SMILES string of the molecule is CC(C)(C)OC(=O)NCCCOC(=O)C1CCCN(S(=O)(=O)c2ccc(F)cc2)C1. The Morgan fingerprint density at radius 2 is 1.90 bits per heavy atom. The van der Waals surface area contributed by atoms with E-state index in [1.165, 1.54) is 16.4 Å². The summed E-state index contributed by atoms with van der Waals surface area (Å²) >= 11 is 0. The van der Waals surface area contributed by atoms with Gasteiger partial charge in [0, 0.05) is 19.6 Å². The van der Waals surface area contributed by atoms with Crippen LogP contribution < -0.4 is 5.32 Å². The number of hydrogen-bond donors (Lipinski definition) is 1. The van der Waals surface area contributed by atoms with Crippen LogP contribution in [0.4, 0.5) is 9.18 Å². The Kier molecular flexibility index (Phi) is 8.19. The van der Waals surface area contributed by atoms with Gasteiger partial charge in [0.05, 0.1) is 17.4 Å². The third-order valence-electron chi connectivity index (χ3n) is 4.40. The number of benzene rings is 1. The van der Waals surface area contributed by atoms with E-state index in [1.807, 2.05) is 0 Å². The summed E-state index contributed by atoms with van der Waals surface area (Å²) in [5.74, 6) is -1.55. The van der Waals surface area contributed by atoms with Crippen molar-refractivity contribution in [2.24, 2.45) is 5.92 Å². The van der Waals surface area contributed by atoms with Crippen LogP contribution in [0, 0.1) is 11.7 Å². The van der Waals surface area contributed by atoms with E-state index in [9.17, 15) is 22.4 Å². The van der Waals surface area contributed by atoms with Crippen molar-refractivity contribution < 1.29 is 31.9 Å². The van der Waals surface area contributed by atoms with Gasteiger partial charge in [-0.2, -0.15) is 4.31 Å². The van der Waals surface area contributed by atoms with E-state index in [1.54, 1.807) is 20.8 Å². The molecular weight excluding hydrogens is 415 g/mol. The molecule has 30 heavy (non-hydrogen) atoms. The van der Waals surface area contributed by atoms with Gasteiger partial charge < -0.3 is 14.8 Å². The highest BCUT2D eigenvalue weighted by Gasteiger charge is 2.34. The Labute approximate surface area is 176 Å². The zero-order valence-corrected chi connectivity index (χ0v) is 18.3. The number of halogens is 1. The molecular formula is C20H29FN2O6S. The maximum atomic E-state index is 13.1. The van der Waals surface area contributed by atoms with Crippen molar-refractivity contribution in [3.05, 3.63) is 30.1 Å². The molecule has 8 nitrogen and oxygen atoms in total. The van der Waals surface area contributed by atoms with Gasteiger partial charge in [-0.25, -0.2) is 17.6 Å². The number of piperidine rings is 1. The highest BCUT2D eigenvalue weighted by atomic mass is 32.2. The molecule has 1 aliphatic heterocycles. The lowest BCUT2D eigenvalue weighted by Gasteiger charge is -2.30. The largest absolute Gasteiger partial charge is 0.465 e. The van der Waals surface area contributed by atoms with Crippen molar-refractivity contribution in [1.82, 2.24) is 9.62 Å². The molecule has 0 spiro atoms. The van der Waals surface area contributed by atoms with E-state index in [4.69, 9.17) is 9.47 Å². The van der Waals surface area contributed by atoms with E-state index in [-0.39, 0.29) is 24.6 Å². The number of carbonyl (C=O) groups excluding carboxylic acids is 2. The number of carbonyl (C=O) groups is 2. The molecule has 1 heterocycles. The molecule has 0 aliphatic carbocycles. The minimum Gasteiger partial charge on any atom is -0.465 e. The standard InChI is InChI=1S/C20H29FN2O6S/c1-20(2,3)29-19(25)22-11-5-13-28-18(24)15-6-4-12-23(14-15)30(26,27)17-9-7-16(21)8-10-17/h7-10,15H,4-6,11-14H2,1-3H3,(H,22,25). The zero-order chi connectivity index (χ0) is 22.4. The third kappa shape index (κ3) is 7.24. The van der Waals surface area contributed by atoms with Crippen LogP contribution in [0.25, 0.3) is 0 Å². The third-order valence-corrected chi connectivity index (χ3v) is 6.28. The predicted molar refractivity (Wildman–Crippen MR) is 108 cm³/mol. The van der Waals surface area contributed by atoms with Crippen LogP contribution >= 0.6 is 0 Å². The molecule has 2 rings (SSSR count). The molecule has 1 saturated heterocycles. The first-order chi connectivity index (χ1) is 14.0. The number of ether oxygens (including phenoxy) is 2. The second-order valence-corrected chi connectivity index (χ2v) is 10.0. The van der Waals surface area contributed by atoms with E-state index in [0.29, 0.717) is 25.8 Å². The number of esters is 1. The summed E-state index contributed by atoms with van der Waals surface area (Å²) in [6.45, 7) is 6.00. The first kappa shape index (κ1) is 24.1. The number of amides is 1. The van der Waals surface area contributed by atoms with Crippen LogP contribution in [0.5, 0.6) is 0 Å². The monoisotopic (exact) mass is 444 g/mol. The Morgan fingerprint density at radius 1 is 1.23 bits per heavy atom. The molecule has 0 saturated carbocycles. The summed E-state index contributed by atoms with van der Waals surface area (Å²) in [5, 5.41) is 2.57. The van der Waals surface area contributed by atoms with Gasteiger partial charge in [-0.15, -0.1) is 0 Å². The summed E-state index contributed by atoms with van der Waals surface area (Å²) < 4.78 is 50.1. The average molecular weight is 445 g/mol. The van der Waals surface area contributed by atoms with Crippen molar-refractivity contribution in [3.63, 3.8) is 0 Å². The Hall–Kier alpha value is -2.20. The van der Waals surface area contributed by atoms with E-state index in [2.05, 4.69) is 5.32 Å². The lowest BCUT2D eigenvalue weighted by Crippen LogP contribution is -2.42. The van der Waals surface area contributed by atoms with Crippen LogP contribution in [-0.2, 0) is 24.3 Å². The molecule has 1 N–H and O–H groups in total. The molecule has 1 aliphatic rings. The van der Waals surface area contributed by atoms with Gasteiger partial charge in [-0.1, -0.05) is 0 Å². The molecule has 0 aromatic heterocycles. The molecule has 1 atom stereocenters. The van der Waals surface area contributed by atoms with Crippen LogP contribution in [-0.4, -0.2) is 56.6 Å². The number of hydrogen-bond acceptors (Lipinski definition) is 6. The lowest BCUT2D eigenvalue weighted by atomic mass is 10.00. The van der Waals surface area contributed by atoms with Gasteiger partial charge in [0.25, 0.3) is 0 Å². The van der Waals surface area contributed by atoms with Gasteiger partial charge >= 0.3 is 12.1 Å². The van der Waals surface area contributed by atoms with E-state index < -0.39 is 39.4 Å². The average Bonchev–Trinajstić information content (AvgIpc) is 2.66. The molecule has 1 unspecified atom stereocenters. The van der Waals surface area contributed by atoms with Crippen molar-refractivity contribution in [2.45, 2.75) is 50.5 Å². The van der Waals surface area contributed by atoms with Crippen LogP contribution in [0.3, 0.4) is 0 Å². The molecule has 0 radical (unpaired) electrons. The number of sulfonamides is 1. The molecule has 1 amide bonds. The van der Waals surface area contributed by atoms with Crippen molar-refractivity contribution in [2.75, 3.05) is 26.2 Å². The minimum atomic E-state index is -3.80. The summed E-state index contributed by atoms with van der Waals surface area (Å²) in [6.07, 6.45) is 0.933. The van der Waals surface area contributed by atoms with Crippen molar-refractivity contribution in [3.8, 4) is 0 Å². The smallest absolute Gasteiger partial charge is 0.407 e. The number of rotatable bonds is 7. The molecule has 1 aromatic carbocycles. The molecule has 0 bridgehead atoms. The van der Waals surface area contributed by atoms with Gasteiger partial charge in [-0.05, 0) is 64.3 Å². The first-order valence-electron chi connectivity index (χ1n) is 9.88. The number of alkyl carbamates (subject to hydrolysis) is 1. The highest BCUT2D eigenvalue weighted by Crippen LogP contribution is 2.24. The summed E-state index contributed by atoms with van der Waals surface area (Å²) in [4.78, 5) is 23.9. The number of nitrogens with zero attached hydrogens (tertiary/aromatic N) is 1. The normalized spacial score (nSPS) is 17.9. The fourth-order valence-corrected chi connectivity index (χ4v) is 4.50. The second kappa shape index (κ2) is 10.2. The topological polar surface area (TPSA) is 102 Å². The fourth-order valence-electron chi connectivity index (χ4n) is 2.98. The van der Waals surface area contributed by atoms with Gasteiger partial charge in [-0.3, -0.25) is 4.79 Å². The van der Waals surface area contributed by atoms with Gasteiger partial charge in [0.1, 0.15) is 11.4 Å². The quantitative estimate of drug-likeness (QED) is 0.512.